The van der Waals surface area contributed by atoms with E-state index in [4.69, 9.17) is 23.2 Å². The van der Waals surface area contributed by atoms with Gasteiger partial charge in [0.15, 0.2) is 0 Å². The summed E-state index contributed by atoms with van der Waals surface area (Å²) in [6.45, 7) is 5.21. The van der Waals surface area contributed by atoms with Gasteiger partial charge < -0.3 is 5.32 Å². The number of nitrogens with one attached hydrogen (secondary N) is 1. The lowest BCUT2D eigenvalue weighted by atomic mass is 10.0. The summed E-state index contributed by atoms with van der Waals surface area (Å²) in [5, 5.41) is 7.39. The molecule has 0 spiro atoms. The molecule has 20 heavy (non-hydrogen) atoms. The fraction of sp³-hybridized carbons (Fsp3) is 0.375. The zero-order valence-electron chi connectivity index (χ0n) is 11.7. The van der Waals surface area contributed by atoms with Crippen molar-refractivity contribution < 1.29 is 0 Å². The van der Waals surface area contributed by atoms with E-state index in [1.807, 2.05) is 18.2 Å². The first-order valence-corrected chi connectivity index (χ1v) is 8.46. The van der Waals surface area contributed by atoms with Crippen LogP contribution in [0.25, 0.3) is 0 Å². The second-order valence-electron chi connectivity index (χ2n) is 4.94. The maximum absolute atomic E-state index is 6.42. The van der Waals surface area contributed by atoms with E-state index in [0.29, 0.717) is 0 Å². The van der Waals surface area contributed by atoms with Crippen LogP contribution in [0.5, 0.6) is 0 Å². The van der Waals surface area contributed by atoms with Crippen molar-refractivity contribution in [2.24, 2.45) is 0 Å². The second kappa shape index (κ2) is 7.46. The summed E-state index contributed by atoms with van der Waals surface area (Å²) in [6.07, 6.45) is 2.01. The quantitative estimate of drug-likeness (QED) is 0.723. The molecule has 1 unspecified atom stereocenters. The molecule has 0 bridgehead atoms. The van der Waals surface area contributed by atoms with Crippen LogP contribution in [0, 0.1) is 6.92 Å². The van der Waals surface area contributed by atoms with Gasteiger partial charge in [-0.1, -0.05) is 42.3 Å². The van der Waals surface area contributed by atoms with Gasteiger partial charge >= 0.3 is 0 Å². The molecule has 0 aliphatic rings. The summed E-state index contributed by atoms with van der Waals surface area (Å²) in [5.74, 6) is 0. The number of rotatable bonds is 6. The molecule has 0 amide bonds. The number of aryl methyl sites for hydroxylation is 1. The van der Waals surface area contributed by atoms with Gasteiger partial charge in [-0.3, -0.25) is 0 Å². The average Bonchev–Trinajstić information content (AvgIpc) is 2.75. The molecule has 1 N–H and O–H groups in total. The zero-order valence-corrected chi connectivity index (χ0v) is 14.1. The molecule has 1 heterocycles. The van der Waals surface area contributed by atoms with Gasteiger partial charge in [0.2, 0.25) is 0 Å². The van der Waals surface area contributed by atoms with Crippen molar-refractivity contribution >= 4 is 34.5 Å². The fourth-order valence-corrected chi connectivity index (χ4v) is 3.77. The van der Waals surface area contributed by atoms with Gasteiger partial charge in [0.25, 0.3) is 0 Å². The van der Waals surface area contributed by atoms with Crippen molar-refractivity contribution in [1.29, 1.82) is 0 Å². The maximum atomic E-state index is 6.42. The largest absolute Gasteiger partial charge is 0.309 e. The number of hydrogen-bond acceptors (Lipinski definition) is 2. The summed E-state index contributed by atoms with van der Waals surface area (Å²) in [6, 6.07) is 8.29. The van der Waals surface area contributed by atoms with Crippen LogP contribution in [0.15, 0.2) is 29.6 Å². The Morgan fingerprint density at radius 1 is 1.30 bits per heavy atom. The summed E-state index contributed by atoms with van der Waals surface area (Å²) in [5.41, 5.74) is 2.38. The number of benzene rings is 1. The SMILES string of the molecule is CCCNC(Cc1cccc(Cl)c1)c1scc(C)c1Cl. The van der Waals surface area contributed by atoms with Crippen LogP contribution in [-0.4, -0.2) is 6.54 Å². The molecule has 1 aromatic heterocycles. The maximum Gasteiger partial charge on any atom is 0.0590 e. The summed E-state index contributed by atoms with van der Waals surface area (Å²) in [4.78, 5) is 1.22. The molecule has 1 nitrogen and oxygen atoms in total. The monoisotopic (exact) mass is 327 g/mol. The van der Waals surface area contributed by atoms with Gasteiger partial charge in [0, 0.05) is 15.9 Å². The lowest BCUT2D eigenvalue weighted by molar-refractivity contribution is 0.536. The topological polar surface area (TPSA) is 12.0 Å². The van der Waals surface area contributed by atoms with E-state index < -0.39 is 0 Å². The van der Waals surface area contributed by atoms with Crippen LogP contribution in [0.2, 0.25) is 10.0 Å². The molecule has 1 aromatic carbocycles. The molecular formula is C16H19Cl2NS. The molecule has 0 fully saturated rings. The molecule has 108 valence electrons. The molecule has 0 saturated carbocycles. The van der Waals surface area contributed by atoms with Crippen molar-refractivity contribution in [3.05, 3.63) is 55.7 Å². The highest BCUT2D eigenvalue weighted by Gasteiger charge is 2.18. The minimum atomic E-state index is 0.250. The average molecular weight is 328 g/mol. The second-order valence-corrected chi connectivity index (χ2v) is 6.66. The van der Waals surface area contributed by atoms with Gasteiger partial charge in [0.1, 0.15) is 0 Å². The first kappa shape index (κ1) is 15.8. The normalized spacial score (nSPS) is 12.6. The lowest BCUT2D eigenvalue weighted by Crippen LogP contribution is -2.23. The third-order valence-electron chi connectivity index (χ3n) is 3.21. The highest BCUT2D eigenvalue weighted by atomic mass is 35.5. The summed E-state index contributed by atoms with van der Waals surface area (Å²) >= 11 is 14.2. The van der Waals surface area contributed by atoms with Gasteiger partial charge in [-0.2, -0.15) is 0 Å². The standard InChI is InChI=1S/C16H19Cl2NS/c1-3-7-19-14(16-15(18)11(2)10-20-16)9-12-5-4-6-13(17)8-12/h4-6,8,10,14,19H,3,7,9H2,1-2H3. The third kappa shape index (κ3) is 3.98. The molecule has 1 atom stereocenters. The van der Waals surface area contributed by atoms with E-state index in [9.17, 15) is 0 Å². The van der Waals surface area contributed by atoms with Crippen molar-refractivity contribution in [2.75, 3.05) is 6.54 Å². The Morgan fingerprint density at radius 3 is 2.70 bits per heavy atom. The van der Waals surface area contributed by atoms with Crippen LogP contribution in [0.4, 0.5) is 0 Å². The van der Waals surface area contributed by atoms with E-state index in [2.05, 4.69) is 30.6 Å². The molecular weight excluding hydrogens is 309 g/mol. The van der Waals surface area contributed by atoms with Gasteiger partial charge in [0.05, 0.1) is 5.02 Å². The first-order valence-electron chi connectivity index (χ1n) is 6.83. The van der Waals surface area contributed by atoms with E-state index in [1.165, 1.54) is 10.4 Å². The first-order chi connectivity index (χ1) is 9.61. The van der Waals surface area contributed by atoms with Crippen molar-refractivity contribution in [2.45, 2.75) is 32.7 Å². The molecule has 0 aliphatic heterocycles. The van der Waals surface area contributed by atoms with E-state index in [0.717, 1.165) is 35.0 Å². The van der Waals surface area contributed by atoms with Crippen LogP contribution >= 0.6 is 34.5 Å². The molecule has 4 heteroatoms. The Bertz CT molecular complexity index is 565. The zero-order chi connectivity index (χ0) is 14.5. The number of halogens is 2. The molecule has 0 saturated heterocycles. The van der Waals surface area contributed by atoms with E-state index in [-0.39, 0.29) is 6.04 Å². The molecule has 2 rings (SSSR count). The molecule has 0 radical (unpaired) electrons. The Kier molecular flexibility index (Phi) is 5.91. The van der Waals surface area contributed by atoms with Crippen molar-refractivity contribution in [3.63, 3.8) is 0 Å². The van der Waals surface area contributed by atoms with Gasteiger partial charge in [-0.15, -0.1) is 11.3 Å². The predicted molar refractivity (Wildman–Crippen MR) is 90.3 cm³/mol. The highest BCUT2D eigenvalue weighted by Crippen LogP contribution is 2.34. The van der Waals surface area contributed by atoms with Gasteiger partial charge in [-0.05, 0) is 54.9 Å². The van der Waals surface area contributed by atoms with Crippen LogP contribution < -0.4 is 5.32 Å². The van der Waals surface area contributed by atoms with Gasteiger partial charge in [-0.25, -0.2) is 0 Å². The third-order valence-corrected chi connectivity index (χ3v) is 5.27. The number of thiophene rings is 1. The smallest absolute Gasteiger partial charge is 0.0590 e. The summed E-state index contributed by atoms with van der Waals surface area (Å²) < 4.78 is 0. The van der Waals surface area contributed by atoms with Crippen molar-refractivity contribution in [3.8, 4) is 0 Å². The Balaban J connectivity index is 2.21. The molecule has 2 aromatic rings. The van der Waals surface area contributed by atoms with Crippen LogP contribution in [0.1, 0.15) is 35.4 Å². The Morgan fingerprint density at radius 2 is 2.10 bits per heavy atom. The minimum Gasteiger partial charge on any atom is -0.309 e. The Labute approximate surface area is 134 Å². The lowest BCUT2D eigenvalue weighted by Gasteiger charge is -2.18. The summed E-state index contributed by atoms with van der Waals surface area (Å²) in [7, 11) is 0. The predicted octanol–water partition coefficient (Wildman–Crippen LogP) is 5.65. The minimum absolute atomic E-state index is 0.250. The Hall–Kier alpha value is -0.540. The van der Waals surface area contributed by atoms with Crippen molar-refractivity contribution in [1.82, 2.24) is 5.32 Å². The highest BCUT2D eigenvalue weighted by molar-refractivity contribution is 7.10. The van der Waals surface area contributed by atoms with Crippen LogP contribution in [-0.2, 0) is 6.42 Å². The fourth-order valence-electron chi connectivity index (χ4n) is 2.16. The van der Waals surface area contributed by atoms with E-state index in [1.54, 1.807) is 11.3 Å². The number of hydrogen-bond donors (Lipinski definition) is 1. The van der Waals surface area contributed by atoms with Crippen LogP contribution in [0.3, 0.4) is 0 Å². The molecule has 0 aliphatic carbocycles. The van der Waals surface area contributed by atoms with E-state index >= 15 is 0 Å².